The molecule has 0 bridgehead atoms. The lowest BCUT2D eigenvalue weighted by Gasteiger charge is -2.48. The first-order chi connectivity index (χ1) is 13.5. The first kappa shape index (κ1) is 20.5. The topological polar surface area (TPSA) is 46.2 Å². The van der Waals surface area contributed by atoms with Crippen molar-refractivity contribution in [2.75, 3.05) is 28.1 Å². The van der Waals surface area contributed by atoms with Crippen LogP contribution in [0.1, 0.15) is 40.0 Å². The van der Waals surface area contributed by atoms with E-state index in [0.717, 1.165) is 19.3 Å². The van der Waals surface area contributed by atoms with Gasteiger partial charge in [0.1, 0.15) is 18.0 Å². The van der Waals surface area contributed by atoms with E-state index in [1.165, 1.54) is 5.57 Å². The van der Waals surface area contributed by atoms with Crippen molar-refractivity contribution >= 4 is 0 Å². The third-order valence-electron chi connectivity index (χ3n) is 8.40. The molecular formula is C23H36O5. The fourth-order valence-electron chi connectivity index (χ4n) is 6.89. The molecule has 0 amide bonds. The van der Waals surface area contributed by atoms with Gasteiger partial charge in [-0.3, -0.25) is 0 Å². The zero-order valence-electron chi connectivity index (χ0n) is 18.1. The smallest absolute Gasteiger partial charge is 0.148 e. The summed E-state index contributed by atoms with van der Waals surface area (Å²) in [6.07, 6.45) is 9.85. The van der Waals surface area contributed by atoms with Crippen LogP contribution in [0.25, 0.3) is 0 Å². The maximum absolute atomic E-state index is 6.62. The molecule has 5 nitrogen and oxygen atoms in total. The Morgan fingerprint density at radius 3 is 2.61 bits per heavy atom. The molecular weight excluding hydrogens is 356 g/mol. The SMILES string of the molecule is CC[C@@H]1CC2C(=CC=CC2OC)C2C[C@H](C(C)OC)[C@H](OC)C23OCO[C@@]13C. The fraction of sp³-hybridized carbons (Fsp3) is 0.826. The first-order valence-corrected chi connectivity index (χ1v) is 10.7. The van der Waals surface area contributed by atoms with Gasteiger partial charge in [-0.1, -0.05) is 37.1 Å². The zero-order chi connectivity index (χ0) is 20.1. The highest BCUT2D eigenvalue weighted by Gasteiger charge is 2.73. The molecule has 1 spiro atoms. The Bertz CT molecular complexity index is 645. The molecule has 0 aromatic heterocycles. The Morgan fingerprint density at radius 2 is 1.96 bits per heavy atom. The van der Waals surface area contributed by atoms with Crippen LogP contribution in [0.5, 0.6) is 0 Å². The molecule has 1 saturated heterocycles. The van der Waals surface area contributed by atoms with Crippen molar-refractivity contribution in [1.29, 1.82) is 0 Å². The zero-order valence-corrected chi connectivity index (χ0v) is 18.1. The Balaban J connectivity index is 1.89. The van der Waals surface area contributed by atoms with Crippen molar-refractivity contribution in [1.82, 2.24) is 0 Å². The van der Waals surface area contributed by atoms with Crippen LogP contribution in [0.4, 0.5) is 0 Å². The highest BCUT2D eigenvalue weighted by Crippen LogP contribution is 2.64. The van der Waals surface area contributed by atoms with Gasteiger partial charge in [-0.2, -0.15) is 0 Å². The third-order valence-corrected chi connectivity index (χ3v) is 8.40. The van der Waals surface area contributed by atoms with E-state index >= 15 is 0 Å². The normalized spacial score (nSPS) is 48.4. The van der Waals surface area contributed by atoms with Gasteiger partial charge >= 0.3 is 0 Å². The molecule has 0 aromatic rings. The van der Waals surface area contributed by atoms with Crippen LogP contribution in [0, 0.1) is 23.7 Å². The van der Waals surface area contributed by atoms with Crippen molar-refractivity contribution in [3.63, 3.8) is 0 Å². The maximum Gasteiger partial charge on any atom is 0.148 e. The average molecular weight is 393 g/mol. The lowest BCUT2D eigenvalue weighted by Crippen LogP contribution is -2.62. The lowest BCUT2D eigenvalue weighted by atomic mass is 9.68. The van der Waals surface area contributed by atoms with E-state index in [0.29, 0.717) is 18.6 Å². The number of hydrogen-bond acceptors (Lipinski definition) is 5. The summed E-state index contributed by atoms with van der Waals surface area (Å²) >= 11 is 0. The van der Waals surface area contributed by atoms with Gasteiger partial charge in [0.25, 0.3) is 0 Å². The van der Waals surface area contributed by atoms with Gasteiger partial charge in [0.15, 0.2) is 0 Å². The van der Waals surface area contributed by atoms with Crippen LogP contribution < -0.4 is 0 Å². The minimum atomic E-state index is -0.496. The Hall–Kier alpha value is -0.720. The number of rotatable bonds is 5. The number of hydrogen-bond donors (Lipinski definition) is 0. The Labute approximate surface area is 169 Å². The van der Waals surface area contributed by atoms with Crippen LogP contribution in [0.3, 0.4) is 0 Å². The van der Waals surface area contributed by atoms with Gasteiger partial charge in [-0.05, 0) is 32.6 Å². The van der Waals surface area contributed by atoms with Crippen LogP contribution in [-0.2, 0) is 23.7 Å². The van der Waals surface area contributed by atoms with E-state index in [-0.39, 0.29) is 30.1 Å². The second-order valence-electron chi connectivity index (χ2n) is 9.06. The van der Waals surface area contributed by atoms with E-state index in [1.807, 2.05) is 14.2 Å². The van der Waals surface area contributed by atoms with Crippen LogP contribution in [-0.4, -0.2) is 57.6 Å². The van der Waals surface area contributed by atoms with E-state index in [4.69, 9.17) is 23.7 Å². The summed E-state index contributed by atoms with van der Waals surface area (Å²) in [6, 6.07) is 0. The highest BCUT2D eigenvalue weighted by molar-refractivity contribution is 5.36. The number of fused-ring (bicyclic) bond motifs is 2. The van der Waals surface area contributed by atoms with Crippen molar-refractivity contribution in [2.45, 2.75) is 69.5 Å². The van der Waals surface area contributed by atoms with Gasteiger partial charge in [0.05, 0.1) is 18.3 Å². The average Bonchev–Trinajstić information content (AvgIpc) is 3.22. The van der Waals surface area contributed by atoms with Gasteiger partial charge in [0, 0.05) is 39.1 Å². The predicted octanol–water partition coefficient (Wildman–Crippen LogP) is 3.73. The molecule has 1 heterocycles. The number of allylic oxidation sites excluding steroid dienone is 2. The summed E-state index contributed by atoms with van der Waals surface area (Å²) in [6.45, 7) is 7.01. The van der Waals surface area contributed by atoms with Gasteiger partial charge in [0.2, 0.25) is 0 Å². The lowest BCUT2D eigenvalue weighted by molar-refractivity contribution is -0.165. The van der Waals surface area contributed by atoms with Crippen molar-refractivity contribution in [3.05, 3.63) is 23.8 Å². The Morgan fingerprint density at radius 1 is 1.18 bits per heavy atom. The van der Waals surface area contributed by atoms with E-state index < -0.39 is 11.2 Å². The van der Waals surface area contributed by atoms with Crippen LogP contribution in [0.2, 0.25) is 0 Å². The fourth-order valence-corrected chi connectivity index (χ4v) is 6.89. The minimum absolute atomic E-state index is 0.0689. The Kier molecular flexibility index (Phi) is 5.51. The van der Waals surface area contributed by atoms with Gasteiger partial charge in [-0.15, -0.1) is 0 Å². The van der Waals surface area contributed by atoms with Crippen molar-refractivity contribution < 1.29 is 23.7 Å². The largest absolute Gasteiger partial charge is 0.381 e. The molecule has 5 heteroatoms. The first-order valence-electron chi connectivity index (χ1n) is 10.7. The van der Waals surface area contributed by atoms with Crippen molar-refractivity contribution in [2.24, 2.45) is 23.7 Å². The summed E-state index contributed by atoms with van der Waals surface area (Å²) < 4.78 is 31.0. The molecule has 5 unspecified atom stereocenters. The minimum Gasteiger partial charge on any atom is -0.381 e. The third kappa shape index (κ3) is 2.56. The molecule has 4 rings (SSSR count). The molecule has 0 aromatic carbocycles. The van der Waals surface area contributed by atoms with Gasteiger partial charge < -0.3 is 23.7 Å². The molecule has 1 aliphatic heterocycles. The van der Waals surface area contributed by atoms with Crippen LogP contribution in [0.15, 0.2) is 23.8 Å². The molecule has 3 fully saturated rings. The summed E-state index contributed by atoms with van der Waals surface area (Å²) in [5.74, 6) is 1.21. The second kappa shape index (κ2) is 7.51. The predicted molar refractivity (Wildman–Crippen MR) is 107 cm³/mol. The number of ether oxygens (including phenoxy) is 5. The molecule has 28 heavy (non-hydrogen) atoms. The summed E-state index contributed by atoms with van der Waals surface area (Å²) in [4.78, 5) is 0. The van der Waals surface area contributed by atoms with Gasteiger partial charge in [-0.25, -0.2) is 0 Å². The van der Waals surface area contributed by atoms with E-state index in [9.17, 15) is 0 Å². The standard InChI is InChI=1S/C23H36O5/c1-7-15-11-18-16(9-8-10-20(18)25-5)19-12-17(14(2)24-4)21(26-6)23(19)22(15,3)27-13-28-23/h8-10,14-15,17-21H,7,11-13H2,1-6H3/t14?,15-,17-,18?,19?,20?,21+,22+,23?/m1/s1. The molecule has 158 valence electrons. The maximum atomic E-state index is 6.62. The van der Waals surface area contributed by atoms with Crippen molar-refractivity contribution in [3.8, 4) is 0 Å². The monoisotopic (exact) mass is 392 g/mol. The van der Waals surface area contributed by atoms with E-state index in [2.05, 4.69) is 39.0 Å². The van der Waals surface area contributed by atoms with E-state index in [1.54, 1.807) is 7.11 Å². The molecule has 9 atom stereocenters. The quantitative estimate of drug-likeness (QED) is 0.713. The number of methoxy groups -OCH3 is 3. The molecule has 2 saturated carbocycles. The summed E-state index contributed by atoms with van der Waals surface area (Å²) in [7, 11) is 5.42. The molecule has 4 aliphatic rings. The summed E-state index contributed by atoms with van der Waals surface area (Å²) in [5, 5.41) is 0. The molecule has 3 aliphatic carbocycles. The second-order valence-corrected chi connectivity index (χ2v) is 9.06. The molecule has 0 radical (unpaired) electrons. The highest BCUT2D eigenvalue weighted by atomic mass is 16.7. The van der Waals surface area contributed by atoms with Crippen LogP contribution >= 0.6 is 0 Å². The molecule has 0 N–H and O–H groups in total. The summed E-state index contributed by atoms with van der Waals surface area (Å²) in [5.41, 5.74) is 0.547.